The molecule has 138 valence electrons. The second-order valence-electron chi connectivity index (χ2n) is 5.83. The molecule has 0 aliphatic carbocycles. The highest BCUT2D eigenvalue weighted by atomic mass is 35.5. The second kappa shape index (κ2) is 8.46. The molecule has 0 bridgehead atoms. The van der Waals surface area contributed by atoms with Crippen molar-refractivity contribution in [1.29, 1.82) is 0 Å². The molecule has 0 aliphatic rings. The monoisotopic (exact) mass is 406 g/mol. The number of amides is 1. The number of benzene rings is 2. The lowest BCUT2D eigenvalue weighted by Crippen LogP contribution is -2.31. The maximum atomic E-state index is 14.1. The number of hydrogen-bond acceptors (Lipinski definition) is 2. The maximum Gasteiger partial charge on any atom is 0.257 e. The number of aromatic nitrogens is 1. The van der Waals surface area contributed by atoms with Crippen molar-refractivity contribution in [3.8, 4) is 0 Å². The minimum atomic E-state index is -1.18. The molecule has 3 aromatic rings. The molecule has 1 amide bonds. The number of carbonyl (C=O) groups is 1. The molecule has 0 spiro atoms. The van der Waals surface area contributed by atoms with E-state index < -0.39 is 17.5 Å². The Morgan fingerprint density at radius 2 is 1.78 bits per heavy atom. The topological polar surface area (TPSA) is 33.2 Å². The van der Waals surface area contributed by atoms with Crippen LogP contribution in [0, 0.1) is 11.6 Å². The summed E-state index contributed by atoms with van der Waals surface area (Å²) in [5.74, 6) is -2.90. The Hall–Kier alpha value is -2.50. The summed E-state index contributed by atoms with van der Waals surface area (Å²) in [6.45, 7) is 0.248. The van der Waals surface area contributed by atoms with Crippen molar-refractivity contribution in [3.05, 3.63) is 99.3 Å². The number of rotatable bonds is 5. The smallest absolute Gasteiger partial charge is 0.257 e. The Labute approximate surface area is 165 Å². The van der Waals surface area contributed by atoms with Crippen molar-refractivity contribution >= 4 is 29.1 Å². The zero-order valence-electron chi connectivity index (χ0n) is 14.0. The molecule has 0 saturated heterocycles. The van der Waals surface area contributed by atoms with Gasteiger partial charge in [-0.3, -0.25) is 9.78 Å². The van der Waals surface area contributed by atoms with Crippen LogP contribution in [0.25, 0.3) is 0 Å². The molecule has 3 nitrogen and oxygen atoms in total. The minimum absolute atomic E-state index is 0.121. The summed E-state index contributed by atoms with van der Waals surface area (Å²) in [6.07, 6.45) is 1.60. The van der Waals surface area contributed by atoms with Crippen LogP contribution in [0.3, 0.4) is 0 Å². The molecule has 0 fully saturated rings. The molecule has 2 aromatic carbocycles. The van der Waals surface area contributed by atoms with Gasteiger partial charge in [-0.25, -0.2) is 8.78 Å². The quantitative estimate of drug-likeness (QED) is 0.559. The second-order valence-corrected chi connectivity index (χ2v) is 6.65. The summed E-state index contributed by atoms with van der Waals surface area (Å²) in [7, 11) is 0. The molecule has 27 heavy (non-hydrogen) atoms. The number of nitrogens with zero attached hydrogens (tertiary/aromatic N) is 2. The van der Waals surface area contributed by atoms with E-state index in [2.05, 4.69) is 4.98 Å². The molecule has 0 aliphatic heterocycles. The highest BCUT2D eigenvalue weighted by Gasteiger charge is 2.22. The molecule has 7 heteroatoms. The van der Waals surface area contributed by atoms with Crippen molar-refractivity contribution in [3.63, 3.8) is 0 Å². The molecule has 0 unspecified atom stereocenters. The Kier molecular flexibility index (Phi) is 6.04. The average Bonchev–Trinajstić information content (AvgIpc) is 2.67. The van der Waals surface area contributed by atoms with E-state index in [0.29, 0.717) is 21.3 Å². The van der Waals surface area contributed by atoms with E-state index in [0.717, 1.165) is 6.07 Å². The summed E-state index contributed by atoms with van der Waals surface area (Å²) in [5, 5.41) is 0.732. The molecule has 0 N–H and O–H groups in total. The van der Waals surface area contributed by atoms with Gasteiger partial charge in [0, 0.05) is 12.7 Å². The first-order valence-electron chi connectivity index (χ1n) is 8.03. The van der Waals surface area contributed by atoms with Gasteiger partial charge in [0.15, 0.2) is 11.6 Å². The van der Waals surface area contributed by atoms with Gasteiger partial charge < -0.3 is 4.90 Å². The fourth-order valence-corrected chi connectivity index (χ4v) is 2.91. The number of carbonyl (C=O) groups excluding carboxylic acids is 1. The molecule has 1 heterocycles. The Morgan fingerprint density at radius 1 is 0.963 bits per heavy atom. The summed E-state index contributed by atoms with van der Waals surface area (Å²) in [5.41, 5.74) is 0.971. The molecule has 0 atom stereocenters. The Morgan fingerprint density at radius 3 is 2.48 bits per heavy atom. The van der Waals surface area contributed by atoms with E-state index in [4.69, 9.17) is 23.2 Å². The highest BCUT2D eigenvalue weighted by Crippen LogP contribution is 2.24. The number of hydrogen-bond donors (Lipinski definition) is 0. The standard InChI is InChI=1S/C20H14Cl2F2N2O/c21-16-8-7-13(10-17(16)22)11-26(12-14-4-1-2-9-25-14)20(27)15-5-3-6-18(23)19(15)24/h1-10H,11-12H2. The SMILES string of the molecule is O=C(c1cccc(F)c1F)N(Cc1ccc(Cl)c(Cl)c1)Cc1ccccn1. The molecule has 0 saturated carbocycles. The number of pyridine rings is 1. The third kappa shape index (κ3) is 4.62. The van der Waals surface area contributed by atoms with Gasteiger partial charge in [0.25, 0.3) is 5.91 Å². The molecular weight excluding hydrogens is 393 g/mol. The van der Waals surface area contributed by atoms with E-state index in [9.17, 15) is 13.6 Å². The van der Waals surface area contributed by atoms with Crippen LogP contribution in [-0.4, -0.2) is 15.8 Å². The van der Waals surface area contributed by atoms with Gasteiger partial charge in [-0.15, -0.1) is 0 Å². The lowest BCUT2D eigenvalue weighted by atomic mass is 10.1. The zero-order chi connectivity index (χ0) is 19.4. The van der Waals surface area contributed by atoms with Crippen molar-refractivity contribution in [2.24, 2.45) is 0 Å². The summed E-state index contributed by atoms with van der Waals surface area (Å²) in [4.78, 5) is 18.5. The minimum Gasteiger partial charge on any atom is -0.328 e. The van der Waals surface area contributed by atoms with E-state index in [1.165, 1.54) is 17.0 Å². The van der Waals surface area contributed by atoms with Gasteiger partial charge in [-0.2, -0.15) is 0 Å². The fraction of sp³-hybridized carbons (Fsp3) is 0.100. The normalized spacial score (nSPS) is 10.7. The summed E-state index contributed by atoms with van der Waals surface area (Å²) >= 11 is 12.0. The largest absolute Gasteiger partial charge is 0.328 e. The predicted molar refractivity (Wildman–Crippen MR) is 101 cm³/mol. The van der Waals surface area contributed by atoms with E-state index in [1.54, 1.807) is 42.6 Å². The molecule has 3 rings (SSSR count). The lowest BCUT2D eigenvalue weighted by Gasteiger charge is -2.23. The van der Waals surface area contributed by atoms with Crippen LogP contribution < -0.4 is 0 Å². The molecule has 1 aromatic heterocycles. The Bertz CT molecular complexity index is 967. The zero-order valence-corrected chi connectivity index (χ0v) is 15.5. The molecule has 0 radical (unpaired) electrons. The fourth-order valence-electron chi connectivity index (χ4n) is 2.58. The van der Waals surface area contributed by atoms with Gasteiger partial charge in [-0.1, -0.05) is 41.4 Å². The molecular formula is C20H14Cl2F2N2O. The van der Waals surface area contributed by atoms with E-state index in [-0.39, 0.29) is 18.7 Å². The first-order valence-corrected chi connectivity index (χ1v) is 8.78. The van der Waals surface area contributed by atoms with Gasteiger partial charge >= 0.3 is 0 Å². The summed E-state index contributed by atoms with van der Waals surface area (Å²) in [6, 6.07) is 13.8. The maximum absolute atomic E-state index is 14.1. The third-order valence-corrected chi connectivity index (χ3v) is 4.64. The highest BCUT2D eigenvalue weighted by molar-refractivity contribution is 6.42. The van der Waals surface area contributed by atoms with E-state index >= 15 is 0 Å². The van der Waals surface area contributed by atoms with Crippen molar-refractivity contribution in [2.75, 3.05) is 0 Å². The summed E-state index contributed by atoms with van der Waals surface area (Å²) < 4.78 is 27.7. The van der Waals surface area contributed by atoms with Crippen LogP contribution in [0.2, 0.25) is 10.0 Å². The van der Waals surface area contributed by atoms with Gasteiger partial charge in [0.1, 0.15) is 0 Å². The van der Waals surface area contributed by atoms with Crippen LogP contribution in [0.1, 0.15) is 21.6 Å². The Balaban J connectivity index is 1.94. The van der Waals surface area contributed by atoms with Crippen LogP contribution >= 0.6 is 23.2 Å². The third-order valence-electron chi connectivity index (χ3n) is 3.91. The van der Waals surface area contributed by atoms with Crippen molar-refractivity contribution < 1.29 is 13.6 Å². The van der Waals surface area contributed by atoms with Crippen molar-refractivity contribution in [1.82, 2.24) is 9.88 Å². The predicted octanol–water partition coefficient (Wildman–Crippen LogP) is 5.51. The number of halogens is 4. The average molecular weight is 407 g/mol. The van der Waals surface area contributed by atoms with Crippen molar-refractivity contribution in [2.45, 2.75) is 13.1 Å². The van der Waals surface area contributed by atoms with Gasteiger partial charge in [0.05, 0.1) is 27.8 Å². The van der Waals surface area contributed by atoms with Crippen LogP contribution in [0.4, 0.5) is 8.78 Å². The van der Waals surface area contributed by atoms with Crippen LogP contribution in [0.15, 0.2) is 60.8 Å². The van der Waals surface area contributed by atoms with Gasteiger partial charge in [-0.05, 0) is 42.0 Å². The van der Waals surface area contributed by atoms with Gasteiger partial charge in [0.2, 0.25) is 0 Å². The van der Waals surface area contributed by atoms with E-state index in [1.807, 2.05) is 0 Å². The first-order chi connectivity index (χ1) is 13.0. The van der Waals surface area contributed by atoms with Crippen LogP contribution in [0.5, 0.6) is 0 Å². The lowest BCUT2D eigenvalue weighted by molar-refractivity contribution is 0.0722. The van der Waals surface area contributed by atoms with Crippen LogP contribution in [-0.2, 0) is 13.1 Å². The first kappa shape index (κ1) is 19.3.